The molecule has 1 aromatic heterocycles. The maximum Gasteiger partial charge on any atom is 0.328 e. The summed E-state index contributed by atoms with van der Waals surface area (Å²) in [5.74, 6) is -1.20. The second-order valence-corrected chi connectivity index (χ2v) is 6.46. The number of ether oxygens (including phenoxy) is 1. The number of aryl methyl sites for hydroxylation is 1. The fourth-order valence-corrected chi connectivity index (χ4v) is 2.70. The Hall–Kier alpha value is -2.95. The number of nitrogens with one attached hydrogen (secondary N) is 2. The van der Waals surface area contributed by atoms with Gasteiger partial charge >= 0.3 is 17.8 Å². The lowest BCUT2D eigenvalue weighted by atomic mass is 10.2. The summed E-state index contributed by atoms with van der Waals surface area (Å²) in [7, 11) is 1.23. The third kappa shape index (κ3) is 5.51. The van der Waals surface area contributed by atoms with E-state index in [1.807, 2.05) is 6.26 Å². The summed E-state index contributed by atoms with van der Waals surface area (Å²) in [4.78, 5) is 36.0. The molecule has 0 spiro atoms. The van der Waals surface area contributed by atoms with Crippen LogP contribution >= 0.6 is 11.8 Å². The van der Waals surface area contributed by atoms with E-state index >= 15 is 0 Å². The molecule has 10 nitrogen and oxygen atoms in total. The smallest absolute Gasteiger partial charge is 0.328 e. The largest absolute Gasteiger partial charge is 0.467 e. The zero-order chi connectivity index (χ0) is 19.8. The average molecular weight is 392 g/mol. The molecular weight excluding hydrogens is 372 g/mol. The molecule has 144 valence electrons. The van der Waals surface area contributed by atoms with Gasteiger partial charge in [0.25, 0.3) is 0 Å². The van der Waals surface area contributed by atoms with Gasteiger partial charge in [-0.3, -0.25) is 9.59 Å². The van der Waals surface area contributed by atoms with Crippen LogP contribution < -0.4 is 10.6 Å². The summed E-state index contributed by atoms with van der Waals surface area (Å²) in [6.07, 6.45) is 2.24. The van der Waals surface area contributed by atoms with Gasteiger partial charge in [0.1, 0.15) is 6.04 Å². The first-order valence-corrected chi connectivity index (χ1v) is 9.39. The van der Waals surface area contributed by atoms with E-state index in [2.05, 4.69) is 30.9 Å². The Labute approximate surface area is 160 Å². The summed E-state index contributed by atoms with van der Waals surface area (Å²) >= 11 is 1.52. The van der Waals surface area contributed by atoms with E-state index in [1.165, 1.54) is 23.6 Å². The minimum Gasteiger partial charge on any atom is -0.467 e. The summed E-state index contributed by atoms with van der Waals surface area (Å²) in [5.41, 5.74) is 1.02. The molecule has 1 atom stereocenters. The van der Waals surface area contributed by atoms with Gasteiger partial charge in [0.2, 0.25) is 0 Å². The summed E-state index contributed by atoms with van der Waals surface area (Å²) in [5, 5.41) is 16.1. The van der Waals surface area contributed by atoms with Gasteiger partial charge in [0, 0.05) is 5.69 Å². The van der Waals surface area contributed by atoms with Crippen LogP contribution in [0.3, 0.4) is 0 Å². The predicted octanol–water partition coefficient (Wildman–Crippen LogP) is 0.320. The molecule has 11 heteroatoms. The first-order chi connectivity index (χ1) is 13.0. The standard InChI is InChI=1S/C16H20N6O4S/c1-10-19-20-21-22(10)12-6-4-5-11(9-12)17-14(23)15(24)18-13(7-8-27-3)16(25)26-2/h4-6,9,13H,7-8H2,1-3H3,(H,17,23)(H,18,24)/t13-/m0/s1. The monoisotopic (exact) mass is 392 g/mol. The number of hydrogen-bond acceptors (Lipinski definition) is 8. The lowest BCUT2D eigenvalue weighted by Crippen LogP contribution is -2.46. The Morgan fingerprint density at radius 3 is 2.70 bits per heavy atom. The highest BCUT2D eigenvalue weighted by molar-refractivity contribution is 7.98. The number of rotatable bonds is 7. The summed E-state index contributed by atoms with van der Waals surface area (Å²) in [6.45, 7) is 1.74. The SMILES string of the molecule is COC(=O)[C@H](CCSC)NC(=O)C(=O)Nc1cccc(-n2nnnc2C)c1. The average Bonchev–Trinajstić information content (AvgIpc) is 3.10. The van der Waals surface area contributed by atoms with Gasteiger partial charge in [-0.15, -0.1) is 5.10 Å². The zero-order valence-corrected chi connectivity index (χ0v) is 15.9. The third-order valence-corrected chi connectivity index (χ3v) is 4.23. The van der Waals surface area contributed by atoms with Gasteiger partial charge in [0.15, 0.2) is 5.82 Å². The molecule has 0 saturated carbocycles. The Morgan fingerprint density at radius 1 is 1.30 bits per heavy atom. The number of thioether (sulfide) groups is 1. The van der Waals surface area contributed by atoms with E-state index in [1.54, 1.807) is 31.2 Å². The number of aromatic nitrogens is 4. The Morgan fingerprint density at radius 2 is 2.07 bits per heavy atom. The molecule has 0 radical (unpaired) electrons. The molecule has 2 N–H and O–H groups in total. The van der Waals surface area contributed by atoms with Gasteiger partial charge in [-0.05, 0) is 54.0 Å². The second-order valence-electron chi connectivity index (χ2n) is 5.47. The molecule has 0 bridgehead atoms. The number of hydrogen-bond donors (Lipinski definition) is 2. The molecule has 27 heavy (non-hydrogen) atoms. The number of amides is 2. The normalized spacial score (nSPS) is 11.5. The number of carbonyl (C=O) groups is 3. The molecular formula is C16H20N6O4S. The van der Waals surface area contributed by atoms with Crippen molar-refractivity contribution in [3.8, 4) is 5.69 Å². The minimum atomic E-state index is -0.921. The van der Waals surface area contributed by atoms with Crippen LogP contribution in [0.15, 0.2) is 24.3 Å². The van der Waals surface area contributed by atoms with Crippen LogP contribution in [0.4, 0.5) is 5.69 Å². The van der Waals surface area contributed by atoms with Crippen molar-refractivity contribution < 1.29 is 19.1 Å². The summed E-state index contributed by atoms with van der Waals surface area (Å²) in [6, 6.07) is 5.82. The van der Waals surface area contributed by atoms with E-state index in [0.717, 1.165) is 0 Å². The lowest BCUT2D eigenvalue weighted by molar-refractivity contribution is -0.146. The number of methoxy groups -OCH3 is 1. The van der Waals surface area contributed by atoms with Crippen LogP contribution in [-0.4, -0.2) is 63.2 Å². The molecule has 0 aliphatic carbocycles. The number of esters is 1. The van der Waals surface area contributed by atoms with Crippen molar-refractivity contribution >= 4 is 35.2 Å². The number of carbonyl (C=O) groups excluding carboxylic acids is 3. The molecule has 2 aromatic rings. The molecule has 0 aliphatic heterocycles. The fraction of sp³-hybridized carbons (Fsp3) is 0.375. The Bertz CT molecular complexity index is 825. The van der Waals surface area contributed by atoms with E-state index in [9.17, 15) is 14.4 Å². The molecule has 0 aliphatic rings. The van der Waals surface area contributed by atoms with Crippen molar-refractivity contribution in [1.82, 2.24) is 25.5 Å². The molecule has 1 aromatic carbocycles. The van der Waals surface area contributed by atoms with E-state index in [-0.39, 0.29) is 0 Å². The van der Waals surface area contributed by atoms with Crippen molar-refractivity contribution in [1.29, 1.82) is 0 Å². The number of anilines is 1. The molecule has 0 saturated heterocycles. The van der Waals surface area contributed by atoms with Crippen molar-refractivity contribution in [3.05, 3.63) is 30.1 Å². The van der Waals surface area contributed by atoms with Crippen LogP contribution in [0, 0.1) is 6.92 Å². The number of nitrogens with zero attached hydrogens (tertiary/aromatic N) is 4. The third-order valence-electron chi connectivity index (χ3n) is 3.58. The fourth-order valence-electron chi connectivity index (χ4n) is 2.22. The van der Waals surface area contributed by atoms with Crippen molar-refractivity contribution in [3.63, 3.8) is 0 Å². The van der Waals surface area contributed by atoms with Gasteiger partial charge in [0.05, 0.1) is 12.8 Å². The topological polar surface area (TPSA) is 128 Å². The molecule has 0 fully saturated rings. The number of benzene rings is 1. The van der Waals surface area contributed by atoms with Gasteiger partial charge in [-0.1, -0.05) is 6.07 Å². The van der Waals surface area contributed by atoms with Gasteiger partial charge in [-0.2, -0.15) is 16.4 Å². The number of tetrazole rings is 1. The maximum absolute atomic E-state index is 12.2. The Balaban J connectivity index is 2.04. The van der Waals surface area contributed by atoms with Gasteiger partial charge < -0.3 is 15.4 Å². The first-order valence-electron chi connectivity index (χ1n) is 8.00. The van der Waals surface area contributed by atoms with E-state index in [0.29, 0.717) is 29.4 Å². The van der Waals surface area contributed by atoms with Crippen LogP contribution in [-0.2, 0) is 19.1 Å². The molecule has 1 heterocycles. The molecule has 2 rings (SSSR count). The van der Waals surface area contributed by atoms with Crippen LogP contribution in [0.2, 0.25) is 0 Å². The van der Waals surface area contributed by atoms with E-state index < -0.39 is 23.8 Å². The van der Waals surface area contributed by atoms with Crippen LogP contribution in [0.25, 0.3) is 5.69 Å². The second kappa shape index (κ2) is 9.67. The lowest BCUT2D eigenvalue weighted by Gasteiger charge is -2.15. The highest BCUT2D eigenvalue weighted by Gasteiger charge is 2.24. The highest BCUT2D eigenvalue weighted by atomic mass is 32.2. The summed E-state index contributed by atoms with van der Waals surface area (Å²) < 4.78 is 6.15. The first kappa shape index (κ1) is 20.4. The highest BCUT2D eigenvalue weighted by Crippen LogP contribution is 2.14. The van der Waals surface area contributed by atoms with E-state index in [4.69, 9.17) is 0 Å². The quantitative estimate of drug-likeness (QED) is 0.509. The van der Waals surface area contributed by atoms with Crippen molar-refractivity contribution in [2.75, 3.05) is 24.4 Å². The molecule has 0 unspecified atom stereocenters. The molecule has 2 amide bonds. The predicted molar refractivity (Wildman–Crippen MR) is 99.5 cm³/mol. The maximum atomic E-state index is 12.2. The van der Waals surface area contributed by atoms with Crippen molar-refractivity contribution in [2.24, 2.45) is 0 Å². The zero-order valence-electron chi connectivity index (χ0n) is 15.1. The minimum absolute atomic E-state index is 0.362. The Kier molecular flexibility index (Phi) is 7.29. The van der Waals surface area contributed by atoms with Crippen LogP contribution in [0.1, 0.15) is 12.2 Å². The van der Waals surface area contributed by atoms with Crippen molar-refractivity contribution in [2.45, 2.75) is 19.4 Å². The van der Waals surface area contributed by atoms with Crippen LogP contribution in [0.5, 0.6) is 0 Å². The van der Waals surface area contributed by atoms with Gasteiger partial charge in [-0.25, -0.2) is 4.79 Å².